The Bertz CT molecular complexity index is 1060. The Morgan fingerprint density at radius 3 is 2.70 bits per heavy atom. The molecule has 0 fully saturated rings. The molecular weight excluding hydrogens is 343 g/mol. The van der Waals surface area contributed by atoms with Gasteiger partial charge in [0, 0.05) is 36.1 Å². The minimum Gasteiger partial charge on any atom is -0.495 e. The van der Waals surface area contributed by atoms with Crippen LogP contribution in [0.4, 0.5) is 4.39 Å². The van der Waals surface area contributed by atoms with Crippen LogP contribution in [0.1, 0.15) is 22.4 Å². The number of aromatic amines is 1. The predicted octanol–water partition coefficient (Wildman–Crippen LogP) is 3.88. The van der Waals surface area contributed by atoms with Gasteiger partial charge in [0.15, 0.2) is 0 Å². The molecule has 0 aliphatic rings. The van der Waals surface area contributed by atoms with Crippen LogP contribution in [0.3, 0.4) is 0 Å². The monoisotopic (exact) mass is 362 g/mol. The maximum atomic E-state index is 13.2. The first-order chi connectivity index (χ1) is 13.2. The zero-order valence-corrected chi connectivity index (χ0v) is 14.9. The molecule has 6 heteroatoms. The summed E-state index contributed by atoms with van der Waals surface area (Å²) in [6, 6.07) is 7.61. The van der Waals surface area contributed by atoms with E-state index >= 15 is 0 Å². The van der Waals surface area contributed by atoms with Crippen LogP contribution >= 0.6 is 0 Å². The molecule has 4 aromatic heterocycles. The Kier molecular flexibility index (Phi) is 4.78. The second kappa shape index (κ2) is 7.53. The van der Waals surface area contributed by atoms with Gasteiger partial charge in [-0.3, -0.25) is 9.97 Å². The number of nitrogens with zero attached hydrogens (tertiary/aromatic N) is 3. The molecule has 4 heterocycles. The van der Waals surface area contributed by atoms with Crippen molar-refractivity contribution in [1.82, 2.24) is 19.9 Å². The Morgan fingerprint density at radius 2 is 1.93 bits per heavy atom. The third-order valence-electron chi connectivity index (χ3n) is 4.54. The topological polar surface area (TPSA) is 63.7 Å². The Balaban J connectivity index is 1.45. The second-order valence-electron chi connectivity index (χ2n) is 6.43. The number of methoxy groups -OCH3 is 1. The van der Waals surface area contributed by atoms with Crippen molar-refractivity contribution in [2.75, 3.05) is 7.11 Å². The molecule has 0 atom stereocenters. The maximum Gasteiger partial charge on any atom is 0.141 e. The third kappa shape index (κ3) is 3.95. The Morgan fingerprint density at radius 1 is 1.00 bits per heavy atom. The van der Waals surface area contributed by atoms with Gasteiger partial charge in [-0.05, 0) is 47.7 Å². The molecule has 0 aliphatic carbocycles. The average molecular weight is 362 g/mol. The lowest BCUT2D eigenvalue weighted by atomic mass is 10.1. The van der Waals surface area contributed by atoms with Crippen molar-refractivity contribution < 1.29 is 9.13 Å². The maximum absolute atomic E-state index is 13.2. The molecule has 4 rings (SSSR count). The molecule has 0 aromatic carbocycles. The molecule has 0 saturated heterocycles. The minimum atomic E-state index is -0.305. The molecule has 0 spiro atoms. The van der Waals surface area contributed by atoms with Crippen LogP contribution in [0, 0.1) is 5.82 Å². The highest BCUT2D eigenvalue weighted by Gasteiger charge is 2.08. The fraction of sp³-hybridized carbons (Fsp3) is 0.190. The van der Waals surface area contributed by atoms with Crippen LogP contribution in [0.5, 0.6) is 5.75 Å². The lowest BCUT2D eigenvalue weighted by molar-refractivity contribution is 0.413. The molecule has 0 radical (unpaired) electrons. The quantitative estimate of drug-likeness (QED) is 0.565. The van der Waals surface area contributed by atoms with E-state index in [4.69, 9.17) is 4.74 Å². The molecule has 0 saturated carbocycles. The number of aryl methyl sites for hydroxylation is 2. The van der Waals surface area contributed by atoms with E-state index in [-0.39, 0.29) is 5.82 Å². The number of pyridine rings is 3. The predicted molar refractivity (Wildman–Crippen MR) is 101 cm³/mol. The summed E-state index contributed by atoms with van der Waals surface area (Å²) in [5.41, 5.74) is 4.97. The number of hydrogen-bond acceptors (Lipinski definition) is 4. The van der Waals surface area contributed by atoms with Gasteiger partial charge < -0.3 is 9.72 Å². The van der Waals surface area contributed by atoms with Crippen molar-refractivity contribution in [3.63, 3.8) is 0 Å². The number of hydrogen-bond donors (Lipinski definition) is 1. The van der Waals surface area contributed by atoms with Gasteiger partial charge in [0.25, 0.3) is 0 Å². The number of nitrogens with one attached hydrogen (secondary N) is 1. The molecule has 0 unspecified atom stereocenters. The Labute approximate surface area is 156 Å². The standard InChI is InChI=1S/C21H19FN4O/c1-27-19-8-20-16(11-25-21(20)26-13-19)6-14-2-4-18(24-10-14)5-3-15-7-17(22)12-23-9-15/h2,4,7-13H,3,5-6H2,1H3,(H,25,26). The van der Waals surface area contributed by atoms with Crippen LogP contribution in [-0.4, -0.2) is 27.0 Å². The van der Waals surface area contributed by atoms with Crippen molar-refractivity contribution in [2.24, 2.45) is 0 Å². The van der Waals surface area contributed by atoms with E-state index in [2.05, 4.69) is 26.0 Å². The Hall–Kier alpha value is -3.28. The summed E-state index contributed by atoms with van der Waals surface area (Å²) in [5, 5.41) is 1.05. The van der Waals surface area contributed by atoms with Gasteiger partial charge in [-0.1, -0.05) is 6.07 Å². The van der Waals surface area contributed by atoms with Crippen LogP contribution in [-0.2, 0) is 19.3 Å². The van der Waals surface area contributed by atoms with Gasteiger partial charge in [-0.15, -0.1) is 0 Å². The molecule has 1 N–H and O–H groups in total. The van der Waals surface area contributed by atoms with Crippen molar-refractivity contribution in [2.45, 2.75) is 19.3 Å². The first kappa shape index (κ1) is 17.1. The summed E-state index contributed by atoms with van der Waals surface area (Å²) >= 11 is 0. The van der Waals surface area contributed by atoms with E-state index in [1.54, 1.807) is 19.5 Å². The lowest BCUT2D eigenvalue weighted by Crippen LogP contribution is -1.97. The smallest absolute Gasteiger partial charge is 0.141 e. The summed E-state index contributed by atoms with van der Waals surface area (Å²) in [7, 11) is 1.64. The highest BCUT2D eigenvalue weighted by Crippen LogP contribution is 2.23. The highest BCUT2D eigenvalue weighted by atomic mass is 19.1. The molecule has 0 aliphatic heterocycles. The van der Waals surface area contributed by atoms with E-state index in [0.29, 0.717) is 6.42 Å². The molecule has 27 heavy (non-hydrogen) atoms. The van der Waals surface area contributed by atoms with Gasteiger partial charge in [0.05, 0.1) is 19.5 Å². The number of rotatable bonds is 6. The highest BCUT2D eigenvalue weighted by molar-refractivity contribution is 5.81. The fourth-order valence-corrected chi connectivity index (χ4v) is 3.09. The molecule has 0 bridgehead atoms. The van der Waals surface area contributed by atoms with Crippen molar-refractivity contribution in [1.29, 1.82) is 0 Å². The lowest BCUT2D eigenvalue weighted by Gasteiger charge is -2.05. The van der Waals surface area contributed by atoms with Gasteiger partial charge in [-0.2, -0.15) is 0 Å². The van der Waals surface area contributed by atoms with Gasteiger partial charge in [0.2, 0.25) is 0 Å². The minimum absolute atomic E-state index is 0.305. The average Bonchev–Trinajstić information content (AvgIpc) is 3.09. The van der Waals surface area contributed by atoms with Crippen molar-refractivity contribution in [3.8, 4) is 5.75 Å². The van der Waals surface area contributed by atoms with Crippen LogP contribution in [0.25, 0.3) is 11.0 Å². The van der Waals surface area contributed by atoms with Crippen LogP contribution in [0.15, 0.2) is 55.2 Å². The first-order valence-electron chi connectivity index (χ1n) is 8.74. The largest absolute Gasteiger partial charge is 0.495 e. The third-order valence-corrected chi connectivity index (χ3v) is 4.54. The molecule has 0 amide bonds. The van der Waals surface area contributed by atoms with Crippen molar-refractivity contribution in [3.05, 3.63) is 83.5 Å². The fourth-order valence-electron chi connectivity index (χ4n) is 3.09. The van der Waals surface area contributed by atoms with Gasteiger partial charge >= 0.3 is 0 Å². The zero-order valence-electron chi connectivity index (χ0n) is 14.9. The van der Waals surface area contributed by atoms with Gasteiger partial charge in [0.1, 0.15) is 17.2 Å². The molecule has 4 aromatic rings. The zero-order chi connectivity index (χ0) is 18.6. The van der Waals surface area contributed by atoms with Gasteiger partial charge in [-0.25, -0.2) is 9.37 Å². The summed E-state index contributed by atoms with van der Waals surface area (Å²) < 4.78 is 18.5. The summed E-state index contributed by atoms with van der Waals surface area (Å²) in [6.07, 6.45) is 10.7. The number of H-pyrrole nitrogens is 1. The number of ether oxygens (including phenoxy) is 1. The molecule has 5 nitrogen and oxygen atoms in total. The van der Waals surface area contributed by atoms with E-state index in [9.17, 15) is 4.39 Å². The number of aromatic nitrogens is 4. The van der Waals surface area contributed by atoms with E-state index in [1.165, 1.54) is 12.3 Å². The molecule has 136 valence electrons. The normalized spacial score (nSPS) is 11.0. The van der Waals surface area contributed by atoms with Crippen LogP contribution < -0.4 is 4.74 Å². The number of halogens is 1. The molecular formula is C21H19FN4O. The SMILES string of the molecule is COc1cnc2[nH]cc(Cc3ccc(CCc4cncc(F)c4)nc3)c2c1. The first-order valence-corrected chi connectivity index (χ1v) is 8.74. The summed E-state index contributed by atoms with van der Waals surface area (Å²) in [5.74, 6) is 0.435. The number of fused-ring (bicyclic) bond motifs is 1. The second-order valence-corrected chi connectivity index (χ2v) is 6.43. The van der Waals surface area contributed by atoms with E-state index in [0.717, 1.165) is 52.0 Å². The van der Waals surface area contributed by atoms with Crippen LogP contribution in [0.2, 0.25) is 0 Å². The van der Waals surface area contributed by atoms with E-state index < -0.39 is 0 Å². The van der Waals surface area contributed by atoms with E-state index in [1.807, 2.05) is 24.5 Å². The summed E-state index contributed by atoms with van der Waals surface area (Å²) in [4.78, 5) is 16.0. The summed E-state index contributed by atoms with van der Waals surface area (Å²) in [6.45, 7) is 0. The van der Waals surface area contributed by atoms with Crippen molar-refractivity contribution >= 4 is 11.0 Å².